The zero-order chi connectivity index (χ0) is 16.4. The van der Waals surface area contributed by atoms with Gasteiger partial charge in [0.2, 0.25) is 0 Å². The third kappa shape index (κ3) is 2.89. The van der Waals surface area contributed by atoms with Crippen LogP contribution in [0.15, 0.2) is 48.2 Å². The highest BCUT2D eigenvalue weighted by atomic mass is 32.1. The van der Waals surface area contributed by atoms with Gasteiger partial charge in [-0.15, -0.1) is 22.7 Å². The summed E-state index contributed by atoms with van der Waals surface area (Å²) < 4.78 is 1.05. The first-order chi connectivity index (χ1) is 11.8. The zero-order valence-electron chi connectivity index (χ0n) is 12.3. The average molecular weight is 353 g/mol. The highest BCUT2D eigenvalue weighted by Crippen LogP contribution is 2.30. The Bertz CT molecular complexity index is 964. The minimum absolute atomic E-state index is 0.271. The molecule has 1 aromatic carbocycles. The zero-order valence-corrected chi connectivity index (χ0v) is 14.0. The molecule has 0 radical (unpaired) electrons. The number of thiazole rings is 2. The second-order valence-electron chi connectivity index (χ2n) is 4.85. The number of nitrogens with one attached hydrogen (secondary N) is 1. The summed E-state index contributed by atoms with van der Waals surface area (Å²) in [4.78, 5) is 29.7. The molecule has 0 bridgehead atoms. The van der Waals surface area contributed by atoms with E-state index < -0.39 is 0 Å². The van der Waals surface area contributed by atoms with E-state index in [1.54, 1.807) is 12.4 Å². The first kappa shape index (κ1) is 14.9. The Balaban J connectivity index is 1.65. The van der Waals surface area contributed by atoms with Gasteiger partial charge in [0.15, 0.2) is 5.69 Å². The number of fused-ring (bicyclic) bond motifs is 1. The number of carbonyl (C=O) groups excluding carboxylic acids is 1. The van der Waals surface area contributed by atoms with E-state index in [2.05, 4.69) is 25.3 Å². The molecule has 4 rings (SSSR count). The van der Waals surface area contributed by atoms with E-state index in [0.29, 0.717) is 17.2 Å². The van der Waals surface area contributed by atoms with Gasteiger partial charge in [-0.2, -0.15) is 0 Å². The summed E-state index contributed by atoms with van der Waals surface area (Å²) in [5, 5.41) is 6.23. The van der Waals surface area contributed by atoms with Crippen molar-refractivity contribution in [2.45, 2.75) is 6.54 Å². The maximum absolute atomic E-state index is 12.5. The van der Waals surface area contributed by atoms with Crippen LogP contribution in [0.1, 0.15) is 15.5 Å². The Morgan fingerprint density at radius 2 is 1.96 bits per heavy atom. The Hall–Kier alpha value is -2.71. The maximum atomic E-state index is 12.5. The molecule has 0 aliphatic rings. The van der Waals surface area contributed by atoms with Gasteiger partial charge in [0, 0.05) is 24.0 Å². The Kier molecular flexibility index (Phi) is 3.97. The molecule has 118 valence electrons. The summed E-state index contributed by atoms with van der Waals surface area (Å²) in [7, 11) is 0. The van der Waals surface area contributed by atoms with Gasteiger partial charge in [-0.05, 0) is 12.1 Å². The van der Waals surface area contributed by atoms with Crippen LogP contribution in [0.3, 0.4) is 0 Å². The first-order valence-corrected chi connectivity index (χ1v) is 8.84. The lowest BCUT2D eigenvalue weighted by Gasteiger charge is -2.05. The summed E-state index contributed by atoms with van der Waals surface area (Å²) >= 11 is 2.99. The van der Waals surface area contributed by atoms with E-state index in [-0.39, 0.29) is 11.6 Å². The van der Waals surface area contributed by atoms with Crippen LogP contribution in [0.2, 0.25) is 0 Å². The van der Waals surface area contributed by atoms with Crippen molar-refractivity contribution in [3.63, 3.8) is 0 Å². The van der Waals surface area contributed by atoms with E-state index in [4.69, 9.17) is 0 Å². The molecule has 1 amide bonds. The summed E-state index contributed by atoms with van der Waals surface area (Å²) in [5.41, 5.74) is 1.65. The topological polar surface area (TPSA) is 80.7 Å². The van der Waals surface area contributed by atoms with Crippen molar-refractivity contribution in [1.82, 2.24) is 25.3 Å². The van der Waals surface area contributed by atoms with Crippen molar-refractivity contribution in [3.05, 3.63) is 58.9 Å². The van der Waals surface area contributed by atoms with Crippen LogP contribution >= 0.6 is 22.7 Å². The molecule has 0 aliphatic heterocycles. The van der Waals surface area contributed by atoms with Crippen LogP contribution in [0.5, 0.6) is 0 Å². The minimum atomic E-state index is -0.285. The molecule has 1 N–H and O–H groups in total. The molecule has 3 heterocycles. The fourth-order valence-electron chi connectivity index (χ4n) is 2.21. The molecule has 0 unspecified atom stereocenters. The van der Waals surface area contributed by atoms with E-state index in [1.807, 2.05) is 29.6 Å². The number of hydrogen-bond donors (Lipinski definition) is 1. The number of rotatable bonds is 4. The Morgan fingerprint density at radius 3 is 2.79 bits per heavy atom. The van der Waals surface area contributed by atoms with Gasteiger partial charge in [-0.1, -0.05) is 12.1 Å². The lowest BCUT2D eigenvalue weighted by Crippen LogP contribution is -2.24. The largest absolute Gasteiger partial charge is 0.344 e. The summed E-state index contributed by atoms with van der Waals surface area (Å²) in [6, 6.07) is 7.83. The number of para-hydroxylation sites is 1. The van der Waals surface area contributed by atoms with Crippen molar-refractivity contribution >= 4 is 38.8 Å². The molecule has 24 heavy (non-hydrogen) atoms. The summed E-state index contributed by atoms with van der Waals surface area (Å²) in [6.07, 6.45) is 4.79. The maximum Gasteiger partial charge on any atom is 0.272 e. The van der Waals surface area contributed by atoms with Crippen molar-refractivity contribution in [3.8, 4) is 10.7 Å². The van der Waals surface area contributed by atoms with Crippen molar-refractivity contribution in [1.29, 1.82) is 0 Å². The smallest absolute Gasteiger partial charge is 0.272 e. The fourth-order valence-corrected chi connectivity index (χ4v) is 3.73. The molecule has 0 saturated heterocycles. The van der Waals surface area contributed by atoms with Crippen LogP contribution in [0.25, 0.3) is 20.9 Å². The third-order valence-corrected chi connectivity index (χ3v) is 5.12. The molecule has 0 atom stereocenters. The highest BCUT2D eigenvalue weighted by Gasteiger charge is 2.18. The lowest BCUT2D eigenvalue weighted by atomic mass is 10.3. The second-order valence-corrected chi connectivity index (χ2v) is 6.86. The van der Waals surface area contributed by atoms with Crippen LogP contribution < -0.4 is 5.32 Å². The Morgan fingerprint density at radius 1 is 1.08 bits per heavy atom. The van der Waals surface area contributed by atoms with E-state index in [9.17, 15) is 4.79 Å². The van der Waals surface area contributed by atoms with Gasteiger partial charge >= 0.3 is 0 Å². The standard InChI is InChI=1S/C16H11N5OS2/c22-15(20-9-12-17-7-8-23-12)13-14(19-6-5-18-13)16-21-10-3-1-2-4-11(10)24-16/h1-8H,9H2,(H,20,22). The first-order valence-electron chi connectivity index (χ1n) is 7.15. The van der Waals surface area contributed by atoms with Gasteiger partial charge in [0.05, 0.1) is 16.8 Å². The minimum Gasteiger partial charge on any atom is -0.344 e. The molecule has 3 aromatic heterocycles. The van der Waals surface area contributed by atoms with Gasteiger partial charge in [-0.3, -0.25) is 4.79 Å². The molecular weight excluding hydrogens is 342 g/mol. The molecule has 6 nitrogen and oxygen atoms in total. The normalized spacial score (nSPS) is 10.8. The third-order valence-electron chi connectivity index (χ3n) is 3.29. The predicted octanol–water partition coefficient (Wildman–Crippen LogP) is 3.14. The lowest BCUT2D eigenvalue weighted by molar-refractivity contribution is 0.0946. The van der Waals surface area contributed by atoms with Gasteiger partial charge in [-0.25, -0.2) is 19.9 Å². The molecule has 4 aromatic rings. The molecular formula is C16H11N5OS2. The molecule has 0 saturated carbocycles. The van der Waals surface area contributed by atoms with E-state index in [0.717, 1.165) is 15.2 Å². The number of aromatic nitrogens is 4. The van der Waals surface area contributed by atoms with Crippen molar-refractivity contribution in [2.24, 2.45) is 0 Å². The van der Waals surface area contributed by atoms with Crippen LogP contribution in [-0.2, 0) is 6.54 Å². The van der Waals surface area contributed by atoms with E-state index in [1.165, 1.54) is 28.9 Å². The van der Waals surface area contributed by atoms with E-state index >= 15 is 0 Å². The molecule has 0 spiro atoms. The number of nitrogens with zero attached hydrogens (tertiary/aromatic N) is 4. The number of amides is 1. The van der Waals surface area contributed by atoms with Crippen molar-refractivity contribution in [2.75, 3.05) is 0 Å². The van der Waals surface area contributed by atoms with Crippen LogP contribution in [0.4, 0.5) is 0 Å². The number of benzene rings is 1. The summed E-state index contributed by atoms with van der Waals surface area (Å²) in [5.74, 6) is -0.285. The van der Waals surface area contributed by atoms with Crippen LogP contribution in [-0.4, -0.2) is 25.8 Å². The monoisotopic (exact) mass is 353 g/mol. The molecule has 0 fully saturated rings. The number of hydrogen-bond acceptors (Lipinski definition) is 7. The van der Waals surface area contributed by atoms with Gasteiger partial charge < -0.3 is 5.32 Å². The average Bonchev–Trinajstić information content (AvgIpc) is 3.29. The SMILES string of the molecule is O=C(NCc1nccs1)c1nccnc1-c1nc2ccccc2s1. The molecule has 0 aliphatic carbocycles. The second kappa shape index (κ2) is 6.42. The predicted molar refractivity (Wildman–Crippen MR) is 93.9 cm³/mol. The number of carbonyl (C=O) groups is 1. The Labute approximate surface area is 145 Å². The summed E-state index contributed by atoms with van der Waals surface area (Å²) in [6.45, 7) is 0.367. The van der Waals surface area contributed by atoms with Gasteiger partial charge in [0.1, 0.15) is 15.7 Å². The fraction of sp³-hybridized carbons (Fsp3) is 0.0625. The van der Waals surface area contributed by atoms with Crippen molar-refractivity contribution < 1.29 is 4.79 Å². The highest BCUT2D eigenvalue weighted by molar-refractivity contribution is 7.21. The van der Waals surface area contributed by atoms with Gasteiger partial charge in [0.25, 0.3) is 5.91 Å². The van der Waals surface area contributed by atoms with Crippen LogP contribution in [0, 0.1) is 0 Å². The molecule has 8 heteroatoms. The quantitative estimate of drug-likeness (QED) is 0.609.